The zero-order chi connectivity index (χ0) is 8.81. The highest BCUT2D eigenvalue weighted by Gasteiger charge is 2.13. The van der Waals surface area contributed by atoms with Crippen LogP contribution in [-0.4, -0.2) is 17.4 Å². The summed E-state index contributed by atoms with van der Waals surface area (Å²) in [6.07, 6.45) is 8.51. The van der Waals surface area contributed by atoms with Crippen molar-refractivity contribution in [1.82, 2.24) is 5.32 Å². The first-order valence-corrected chi connectivity index (χ1v) is 6.27. The normalized spacial score (nSPS) is 23.5. The van der Waals surface area contributed by atoms with Gasteiger partial charge in [0.1, 0.15) is 0 Å². The van der Waals surface area contributed by atoms with E-state index in [1.807, 2.05) is 0 Å². The van der Waals surface area contributed by atoms with Gasteiger partial charge >= 0.3 is 0 Å². The minimum atomic E-state index is 0.632. The Kier molecular flexibility index (Phi) is 5.24. The first-order valence-electron chi connectivity index (χ1n) is 5.15. The van der Waals surface area contributed by atoms with Crippen LogP contribution in [0.25, 0.3) is 0 Å². The zero-order valence-corrected chi connectivity index (χ0v) is 9.57. The Morgan fingerprint density at radius 2 is 1.83 bits per heavy atom. The third kappa shape index (κ3) is 3.90. The van der Waals surface area contributed by atoms with Gasteiger partial charge in [0.25, 0.3) is 0 Å². The van der Waals surface area contributed by atoms with Gasteiger partial charge < -0.3 is 5.32 Å². The molecule has 12 heavy (non-hydrogen) atoms. The molecule has 1 fully saturated rings. The van der Waals surface area contributed by atoms with E-state index in [9.17, 15) is 0 Å². The van der Waals surface area contributed by atoms with E-state index in [2.05, 4.69) is 28.2 Å². The minimum Gasteiger partial charge on any atom is -0.311 e. The second-order valence-corrected chi connectivity index (χ2v) is 4.56. The topological polar surface area (TPSA) is 12.0 Å². The molecular weight excluding hydrogens is 214 g/mol. The van der Waals surface area contributed by atoms with Crippen LogP contribution in [0.1, 0.15) is 45.4 Å². The molecule has 1 aliphatic rings. The van der Waals surface area contributed by atoms with Crippen LogP contribution in [0.2, 0.25) is 0 Å². The highest BCUT2D eigenvalue weighted by atomic mass is 79.9. The van der Waals surface area contributed by atoms with Crippen molar-refractivity contribution in [3.8, 4) is 0 Å². The molecule has 1 N–H and O–H groups in total. The van der Waals surface area contributed by atoms with Gasteiger partial charge in [0, 0.05) is 17.4 Å². The van der Waals surface area contributed by atoms with Crippen molar-refractivity contribution in [3.05, 3.63) is 0 Å². The summed E-state index contributed by atoms with van der Waals surface area (Å²) in [6.45, 7) is 2.25. The molecule has 0 bridgehead atoms. The van der Waals surface area contributed by atoms with E-state index < -0.39 is 0 Å². The van der Waals surface area contributed by atoms with Gasteiger partial charge in [0.2, 0.25) is 0 Å². The summed E-state index contributed by atoms with van der Waals surface area (Å²) in [5.74, 6) is 0. The van der Waals surface area contributed by atoms with E-state index in [1.54, 1.807) is 0 Å². The molecule has 0 amide bonds. The fourth-order valence-corrected chi connectivity index (χ4v) is 2.08. The van der Waals surface area contributed by atoms with Crippen LogP contribution in [0.4, 0.5) is 0 Å². The number of hydrogen-bond donors (Lipinski definition) is 1. The fraction of sp³-hybridized carbons (Fsp3) is 1.00. The van der Waals surface area contributed by atoms with Gasteiger partial charge in [0.15, 0.2) is 0 Å². The first kappa shape index (κ1) is 10.5. The van der Waals surface area contributed by atoms with Crippen molar-refractivity contribution in [3.63, 3.8) is 0 Å². The zero-order valence-electron chi connectivity index (χ0n) is 7.98. The molecule has 0 aliphatic heterocycles. The molecule has 0 spiro atoms. The van der Waals surface area contributed by atoms with E-state index in [0.717, 1.165) is 11.4 Å². The van der Waals surface area contributed by atoms with Gasteiger partial charge in [-0.3, -0.25) is 0 Å². The van der Waals surface area contributed by atoms with Crippen molar-refractivity contribution >= 4 is 15.9 Å². The lowest BCUT2D eigenvalue weighted by molar-refractivity contribution is 0.426. The van der Waals surface area contributed by atoms with Crippen molar-refractivity contribution in [2.45, 2.75) is 57.5 Å². The van der Waals surface area contributed by atoms with Gasteiger partial charge in [-0.2, -0.15) is 0 Å². The van der Waals surface area contributed by atoms with Gasteiger partial charge in [-0.1, -0.05) is 41.6 Å². The summed E-state index contributed by atoms with van der Waals surface area (Å²) in [6, 6.07) is 1.42. The number of rotatable bonds is 3. The van der Waals surface area contributed by atoms with Crippen LogP contribution >= 0.6 is 15.9 Å². The van der Waals surface area contributed by atoms with Gasteiger partial charge in [-0.25, -0.2) is 0 Å². The predicted molar refractivity (Wildman–Crippen MR) is 57.9 cm³/mol. The van der Waals surface area contributed by atoms with Crippen LogP contribution in [0.3, 0.4) is 0 Å². The summed E-state index contributed by atoms with van der Waals surface area (Å²) in [5.41, 5.74) is 0. The third-order valence-electron chi connectivity index (χ3n) is 2.61. The molecule has 1 atom stereocenters. The molecule has 0 saturated heterocycles. The number of halogens is 1. The maximum Gasteiger partial charge on any atom is 0.0183 e. The second-order valence-electron chi connectivity index (χ2n) is 3.91. The first-order chi connectivity index (χ1) is 5.83. The highest BCUT2D eigenvalue weighted by molar-refractivity contribution is 9.09. The third-order valence-corrected chi connectivity index (χ3v) is 3.58. The molecule has 1 aliphatic carbocycles. The van der Waals surface area contributed by atoms with Crippen LogP contribution in [0.15, 0.2) is 0 Å². The minimum absolute atomic E-state index is 0.632. The summed E-state index contributed by atoms with van der Waals surface area (Å²) in [7, 11) is 0. The predicted octanol–water partition coefficient (Wildman–Crippen LogP) is 3.08. The molecule has 2 heteroatoms. The van der Waals surface area contributed by atoms with Crippen LogP contribution in [0.5, 0.6) is 0 Å². The maximum atomic E-state index is 3.66. The van der Waals surface area contributed by atoms with Gasteiger partial charge in [-0.15, -0.1) is 0 Å². The Balaban J connectivity index is 2.20. The fourth-order valence-electron chi connectivity index (χ4n) is 1.89. The van der Waals surface area contributed by atoms with Crippen LogP contribution < -0.4 is 5.32 Å². The Morgan fingerprint density at radius 1 is 1.25 bits per heavy atom. The molecule has 0 heterocycles. The summed E-state index contributed by atoms with van der Waals surface area (Å²) in [4.78, 5) is 0. The van der Waals surface area contributed by atoms with E-state index in [1.165, 1.54) is 38.5 Å². The maximum absolute atomic E-state index is 3.66. The van der Waals surface area contributed by atoms with Crippen molar-refractivity contribution in [1.29, 1.82) is 0 Å². The second kappa shape index (κ2) is 5.98. The number of nitrogens with one attached hydrogen (secondary N) is 1. The molecule has 1 rings (SSSR count). The lowest BCUT2D eigenvalue weighted by Gasteiger charge is -2.20. The van der Waals surface area contributed by atoms with E-state index >= 15 is 0 Å². The Bertz CT molecular complexity index is 108. The Labute approximate surface area is 84.4 Å². The Morgan fingerprint density at radius 3 is 2.33 bits per heavy atom. The number of hydrogen-bond acceptors (Lipinski definition) is 1. The molecule has 0 aromatic carbocycles. The SMILES string of the molecule is CC(CBr)NC1CCCCCC1. The highest BCUT2D eigenvalue weighted by Crippen LogP contribution is 2.17. The largest absolute Gasteiger partial charge is 0.311 e. The summed E-state index contributed by atoms with van der Waals surface area (Å²) in [5, 5.41) is 4.73. The molecule has 0 radical (unpaired) electrons. The Hall–Kier alpha value is 0.440. The average molecular weight is 234 g/mol. The van der Waals surface area contributed by atoms with E-state index in [4.69, 9.17) is 0 Å². The molecule has 0 aromatic rings. The van der Waals surface area contributed by atoms with Crippen molar-refractivity contribution < 1.29 is 0 Å². The standard InChI is InChI=1S/C10H20BrN/c1-9(8-11)12-10-6-4-2-3-5-7-10/h9-10,12H,2-8H2,1H3. The van der Waals surface area contributed by atoms with Crippen molar-refractivity contribution in [2.75, 3.05) is 5.33 Å². The monoisotopic (exact) mass is 233 g/mol. The molecule has 0 aromatic heterocycles. The average Bonchev–Trinajstić information content (AvgIpc) is 2.33. The quantitative estimate of drug-likeness (QED) is 0.584. The number of alkyl halides is 1. The molecule has 1 nitrogen and oxygen atoms in total. The van der Waals surface area contributed by atoms with Crippen molar-refractivity contribution in [2.24, 2.45) is 0 Å². The molecule has 72 valence electrons. The summed E-state index contributed by atoms with van der Waals surface area (Å²) >= 11 is 3.50. The molecular formula is C10H20BrN. The van der Waals surface area contributed by atoms with Gasteiger partial charge in [0.05, 0.1) is 0 Å². The van der Waals surface area contributed by atoms with E-state index in [-0.39, 0.29) is 0 Å². The van der Waals surface area contributed by atoms with Crippen LogP contribution in [0, 0.1) is 0 Å². The lowest BCUT2D eigenvalue weighted by atomic mass is 10.1. The molecule has 1 unspecified atom stereocenters. The van der Waals surface area contributed by atoms with E-state index in [0.29, 0.717) is 6.04 Å². The summed E-state index contributed by atoms with van der Waals surface area (Å²) < 4.78 is 0. The van der Waals surface area contributed by atoms with Crippen LogP contribution in [-0.2, 0) is 0 Å². The smallest absolute Gasteiger partial charge is 0.0183 e. The molecule has 1 saturated carbocycles. The lowest BCUT2D eigenvalue weighted by Crippen LogP contribution is -2.37. The van der Waals surface area contributed by atoms with Gasteiger partial charge in [-0.05, 0) is 19.8 Å².